The summed E-state index contributed by atoms with van der Waals surface area (Å²) in [5, 5.41) is 0.684. The van der Waals surface area contributed by atoms with Gasteiger partial charge in [-0.05, 0) is 54.8 Å². The number of hydrogen-bond donors (Lipinski definition) is 0. The molecule has 4 aromatic rings. The van der Waals surface area contributed by atoms with Gasteiger partial charge in [0, 0.05) is 6.20 Å². The van der Waals surface area contributed by atoms with E-state index in [0.29, 0.717) is 23.2 Å². The quantitative estimate of drug-likeness (QED) is 0.454. The predicted octanol–water partition coefficient (Wildman–Crippen LogP) is 4.81. The van der Waals surface area contributed by atoms with E-state index in [4.69, 9.17) is 14.5 Å². The lowest BCUT2D eigenvalue weighted by Gasteiger charge is -2.19. The van der Waals surface area contributed by atoms with Gasteiger partial charge in [-0.15, -0.1) is 0 Å². The summed E-state index contributed by atoms with van der Waals surface area (Å²) in [5.74, 6) is 1.34. The lowest BCUT2D eigenvalue weighted by molar-refractivity contribution is -0.118. The number of anilines is 1. The number of aromatic nitrogens is 2. The van der Waals surface area contributed by atoms with Crippen molar-refractivity contribution in [3.63, 3.8) is 0 Å². The standard InChI is InChI=1S/C24H21N3O3S/c1-15-6-7-16(2)23-22(15)26-24(31-23)27(13-18-5-3-4-10-25-18)21(28)12-17-8-9-19-20(11-17)30-14-29-19/h3-11H,12-14H2,1-2H3. The number of aryl methyl sites for hydroxylation is 2. The molecular formula is C24H21N3O3S. The molecule has 0 bridgehead atoms. The fourth-order valence-electron chi connectivity index (χ4n) is 3.60. The molecule has 0 N–H and O–H groups in total. The van der Waals surface area contributed by atoms with Crippen LogP contribution in [-0.4, -0.2) is 22.7 Å². The van der Waals surface area contributed by atoms with Crippen LogP contribution in [-0.2, 0) is 17.8 Å². The van der Waals surface area contributed by atoms with Crippen molar-refractivity contribution in [1.29, 1.82) is 0 Å². The smallest absolute Gasteiger partial charge is 0.233 e. The molecular weight excluding hydrogens is 410 g/mol. The summed E-state index contributed by atoms with van der Waals surface area (Å²) < 4.78 is 11.9. The van der Waals surface area contributed by atoms with Crippen LogP contribution < -0.4 is 14.4 Å². The molecule has 0 unspecified atom stereocenters. The maximum atomic E-state index is 13.5. The highest BCUT2D eigenvalue weighted by molar-refractivity contribution is 7.22. The molecule has 5 rings (SSSR count). The first kappa shape index (κ1) is 19.5. The number of hydrogen-bond acceptors (Lipinski definition) is 6. The van der Waals surface area contributed by atoms with Gasteiger partial charge in [-0.2, -0.15) is 0 Å². The molecule has 0 aliphatic carbocycles. The van der Waals surface area contributed by atoms with E-state index < -0.39 is 0 Å². The minimum absolute atomic E-state index is 0.0427. The van der Waals surface area contributed by atoms with Crippen LogP contribution in [0.15, 0.2) is 54.7 Å². The zero-order valence-electron chi connectivity index (χ0n) is 17.3. The highest BCUT2D eigenvalue weighted by Crippen LogP contribution is 2.35. The lowest BCUT2D eigenvalue weighted by atomic mass is 10.1. The van der Waals surface area contributed by atoms with Crippen molar-refractivity contribution < 1.29 is 14.3 Å². The summed E-state index contributed by atoms with van der Waals surface area (Å²) in [6.45, 7) is 4.69. The van der Waals surface area contributed by atoms with Crippen LogP contribution in [0.5, 0.6) is 11.5 Å². The van der Waals surface area contributed by atoms with Gasteiger partial charge in [-0.3, -0.25) is 14.7 Å². The topological polar surface area (TPSA) is 64.6 Å². The number of pyridine rings is 1. The van der Waals surface area contributed by atoms with Crippen molar-refractivity contribution in [3.05, 3.63) is 77.1 Å². The Morgan fingerprint density at radius 1 is 1.06 bits per heavy atom. The maximum Gasteiger partial charge on any atom is 0.233 e. The molecule has 1 aliphatic rings. The second-order valence-corrected chi connectivity index (χ2v) is 8.52. The second kappa shape index (κ2) is 8.00. The van der Waals surface area contributed by atoms with Gasteiger partial charge in [0.2, 0.25) is 12.7 Å². The third-order valence-electron chi connectivity index (χ3n) is 5.30. The zero-order chi connectivity index (χ0) is 21.4. The Morgan fingerprint density at radius 2 is 1.90 bits per heavy atom. The van der Waals surface area contributed by atoms with Gasteiger partial charge in [0.1, 0.15) is 0 Å². The molecule has 156 valence electrons. The van der Waals surface area contributed by atoms with Crippen LogP contribution in [0.3, 0.4) is 0 Å². The molecule has 1 amide bonds. The molecule has 3 heterocycles. The van der Waals surface area contributed by atoms with E-state index in [1.807, 2.05) is 43.3 Å². The van der Waals surface area contributed by atoms with Gasteiger partial charge < -0.3 is 9.47 Å². The van der Waals surface area contributed by atoms with Gasteiger partial charge in [-0.1, -0.05) is 35.6 Å². The summed E-state index contributed by atoms with van der Waals surface area (Å²) in [7, 11) is 0. The Labute approximate surface area is 184 Å². The third-order valence-corrected chi connectivity index (χ3v) is 6.52. The predicted molar refractivity (Wildman–Crippen MR) is 121 cm³/mol. The van der Waals surface area contributed by atoms with Crippen LogP contribution in [0.2, 0.25) is 0 Å². The largest absolute Gasteiger partial charge is 0.454 e. The second-order valence-electron chi connectivity index (χ2n) is 7.54. The Bertz CT molecular complexity index is 1230. The van der Waals surface area contributed by atoms with Crippen molar-refractivity contribution in [1.82, 2.24) is 9.97 Å². The number of benzene rings is 2. The highest BCUT2D eigenvalue weighted by atomic mass is 32.1. The van der Waals surface area contributed by atoms with E-state index in [-0.39, 0.29) is 19.1 Å². The van der Waals surface area contributed by atoms with Crippen LogP contribution >= 0.6 is 11.3 Å². The molecule has 6 nitrogen and oxygen atoms in total. The number of amides is 1. The molecule has 2 aromatic carbocycles. The number of ether oxygens (including phenoxy) is 2. The molecule has 1 aliphatic heterocycles. The van der Waals surface area contributed by atoms with E-state index in [9.17, 15) is 4.79 Å². The Morgan fingerprint density at radius 3 is 2.71 bits per heavy atom. The number of thiazole rings is 1. The fraction of sp³-hybridized carbons (Fsp3) is 0.208. The fourth-order valence-corrected chi connectivity index (χ4v) is 4.73. The SMILES string of the molecule is Cc1ccc(C)c2sc(N(Cc3ccccn3)C(=O)Cc3ccc4c(c3)OCO4)nc12. The number of carbonyl (C=O) groups is 1. The minimum atomic E-state index is -0.0427. The van der Waals surface area contributed by atoms with E-state index in [2.05, 4.69) is 24.0 Å². The first-order valence-corrected chi connectivity index (χ1v) is 10.9. The first-order chi connectivity index (χ1) is 15.1. The first-order valence-electron chi connectivity index (χ1n) is 10.0. The van der Waals surface area contributed by atoms with Crippen molar-refractivity contribution in [2.75, 3.05) is 11.7 Å². The van der Waals surface area contributed by atoms with Crippen molar-refractivity contribution in [2.24, 2.45) is 0 Å². The van der Waals surface area contributed by atoms with E-state index in [1.54, 1.807) is 22.4 Å². The third kappa shape index (κ3) is 3.84. The van der Waals surface area contributed by atoms with E-state index >= 15 is 0 Å². The summed E-state index contributed by atoms with van der Waals surface area (Å²) >= 11 is 1.55. The number of rotatable bonds is 5. The molecule has 0 spiro atoms. The van der Waals surface area contributed by atoms with Gasteiger partial charge in [0.05, 0.1) is 28.9 Å². The van der Waals surface area contributed by atoms with E-state index in [0.717, 1.165) is 32.6 Å². The number of nitrogens with zero attached hydrogens (tertiary/aromatic N) is 3. The van der Waals surface area contributed by atoms with Crippen LogP contribution in [0.4, 0.5) is 5.13 Å². The van der Waals surface area contributed by atoms with Crippen LogP contribution in [0.1, 0.15) is 22.4 Å². The van der Waals surface area contributed by atoms with E-state index in [1.165, 1.54) is 0 Å². The zero-order valence-corrected chi connectivity index (χ0v) is 18.1. The van der Waals surface area contributed by atoms with Crippen LogP contribution in [0, 0.1) is 13.8 Å². The van der Waals surface area contributed by atoms with Gasteiger partial charge in [-0.25, -0.2) is 4.98 Å². The summed E-state index contributed by atoms with van der Waals surface area (Å²) in [6.07, 6.45) is 1.97. The molecule has 0 atom stereocenters. The monoisotopic (exact) mass is 431 g/mol. The number of carbonyl (C=O) groups excluding carboxylic acids is 1. The average Bonchev–Trinajstić information content (AvgIpc) is 3.43. The Hall–Kier alpha value is -3.45. The number of fused-ring (bicyclic) bond motifs is 2. The summed E-state index contributed by atoms with van der Waals surface area (Å²) in [6, 6.07) is 15.5. The molecule has 31 heavy (non-hydrogen) atoms. The maximum absolute atomic E-state index is 13.5. The normalized spacial score (nSPS) is 12.3. The molecule has 0 saturated heterocycles. The van der Waals surface area contributed by atoms with Crippen molar-refractivity contribution >= 4 is 32.6 Å². The molecule has 2 aromatic heterocycles. The Balaban J connectivity index is 1.50. The highest BCUT2D eigenvalue weighted by Gasteiger charge is 2.23. The minimum Gasteiger partial charge on any atom is -0.454 e. The van der Waals surface area contributed by atoms with Gasteiger partial charge in [0.15, 0.2) is 16.6 Å². The molecule has 0 fully saturated rings. The molecule has 0 saturated carbocycles. The van der Waals surface area contributed by atoms with Crippen molar-refractivity contribution in [2.45, 2.75) is 26.8 Å². The summed E-state index contributed by atoms with van der Waals surface area (Å²) in [5.41, 5.74) is 4.89. The summed E-state index contributed by atoms with van der Waals surface area (Å²) in [4.78, 5) is 24.4. The van der Waals surface area contributed by atoms with Gasteiger partial charge >= 0.3 is 0 Å². The Kier molecular flexibility index (Phi) is 5.03. The average molecular weight is 432 g/mol. The molecule has 7 heteroatoms. The van der Waals surface area contributed by atoms with Gasteiger partial charge in [0.25, 0.3) is 0 Å². The van der Waals surface area contributed by atoms with Crippen molar-refractivity contribution in [3.8, 4) is 11.5 Å². The lowest BCUT2D eigenvalue weighted by Crippen LogP contribution is -2.32. The molecule has 0 radical (unpaired) electrons. The van der Waals surface area contributed by atoms with Crippen LogP contribution in [0.25, 0.3) is 10.2 Å².